The second kappa shape index (κ2) is 5.11. The summed E-state index contributed by atoms with van der Waals surface area (Å²) in [4.78, 5) is 12.1. The maximum absolute atomic E-state index is 12.1. The minimum atomic E-state index is 0.0937. The van der Waals surface area contributed by atoms with Crippen molar-refractivity contribution in [2.75, 3.05) is 0 Å². The molecule has 86 valence electrons. The van der Waals surface area contributed by atoms with E-state index >= 15 is 0 Å². The van der Waals surface area contributed by atoms with Crippen molar-refractivity contribution in [1.29, 1.82) is 0 Å². The van der Waals surface area contributed by atoms with Gasteiger partial charge in [-0.05, 0) is 32.6 Å². The molecule has 2 rings (SSSR count). The SMILES string of the molecule is CC(NC1CCCC1)C(=O)C1CCCC1. The van der Waals surface area contributed by atoms with E-state index in [0.29, 0.717) is 17.7 Å². The number of carbonyl (C=O) groups excluding carboxylic acids is 1. The van der Waals surface area contributed by atoms with Crippen molar-refractivity contribution in [3.05, 3.63) is 0 Å². The van der Waals surface area contributed by atoms with E-state index in [2.05, 4.69) is 12.2 Å². The fraction of sp³-hybridized carbons (Fsp3) is 0.923. The van der Waals surface area contributed by atoms with E-state index in [1.165, 1.54) is 38.5 Å². The van der Waals surface area contributed by atoms with Crippen LogP contribution >= 0.6 is 0 Å². The van der Waals surface area contributed by atoms with Gasteiger partial charge >= 0.3 is 0 Å². The number of hydrogen-bond donors (Lipinski definition) is 1. The minimum Gasteiger partial charge on any atom is -0.305 e. The predicted octanol–water partition coefficient (Wildman–Crippen LogP) is 2.67. The molecule has 0 aromatic rings. The standard InChI is InChI=1S/C13H23NO/c1-10(14-12-8-4-5-9-12)13(15)11-6-2-3-7-11/h10-12,14H,2-9H2,1H3. The van der Waals surface area contributed by atoms with Crippen molar-refractivity contribution in [3.8, 4) is 0 Å². The topological polar surface area (TPSA) is 29.1 Å². The zero-order chi connectivity index (χ0) is 10.7. The molecule has 0 saturated heterocycles. The van der Waals surface area contributed by atoms with Crippen molar-refractivity contribution in [1.82, 2.24) is 5.32 Å². The summed E-state index contributed by atoms with van der Waals surface area (Å²) in [6.07, 6.45) is 9.98. The molecule has 0 aromatic heterocycles. The molecule has 0 heterocycles. The molecule has 1 N–H and O–H groups in total. The van der Waals surface area contributed by atoms with Crippen LogP contribution in [0.3, 0.4) is 0 Å². The fourth-order valence-electron chi connectivity index (χ4n) is 3.09. The number of carbonyl (C=O) groups is 1. The largest absolute Gasteiger partial charge is 0.305 e. The number of Topliss-reactive ketones (excluding diaryl/α,β-unsaturated/α-hetero) is 1. The van der Waals surface area contributed by atoms with Gasteiger partial charge in [0.1, 0.15) is 0 Å². The zero-order valence-corrected chi connectivity index (χ0v) is 9.80. The van der Waals surface area contributed by atoms with Crippen LogP contribution in [-0.4, -0.2) is 17.9 Å². The Hall–Kier alpha value is -0.370. The first kappa shape index (κ1) is 11.1. The number of nitrogens with one attached hydrogen (secondary N) is 1. The van der Waals surface area contributed by atoms with E-state index < -0.39 is 0 Å². The van der Waals surface area contributed by atoms with Gasteiger partial charge in [-0.25, -0.2) is 0 Å². The van der Waals surface area contributed by atoms with Crippen molar-refractivity contribution in [2.45, 2.75) is 70.4 Å². The van der Waals surface area contributed by atoms with Gasteiger partial charge in [-0.3, -0.25) is 4.79 Å². The molecule has 0 amide bonds. The van der Waals surface area contributed by atoms with Crippen molar-refractivity contribution >= 4 is 5.78 Å². The van der Waals surface area contributed by atoms with Gasteiger partial charge in [0, 0.05) is 12.0 Å². The molecule has 0 spiro atoms. The molecular formula is C13H23NO. The van der Waals surface area contributed by atoms with Gasteiger partial charge in [0.15, 0.2) is 5.78 Å². The summed E-state index contributed by atoms with van der Waals surface area (Å²) < 4.78 is 0. The molecule has 0 aromatic carbocycles. The van der Waals surface area contributed by atoms with E-state index in [9.17, 15) is 4.79 Å². The van der Waals surface area contributed by atoms with Crippen molar-refractivity contribution in [2.24, 2.45) is 5.92 Å². The molecule has 15 heavy (non-hydrogen) atoms. The lowest BCUT2D eigenvalue weighted by Gasteiger charge is -2.20. The molecule has 0 bridgehead atoms. The summed E-state index contributed by atoms with van der Waals surface area (Å²) in [5, 5.41) is 3.51. The lowest BCUT2D eigenvalue weighted by Crippen LogP contribution is -2.42. The van der Waals surface area contributed by atoms with Gasteiger partial charge in [-0.1, -0.05) is 25.7 Å². The first-order valence-corrected chi connectivity index (χ1v) is 6.57. The quantitative estimate of drug-likeness (QED) is 0.771. The molecule has 2 aliphatic rings. The summed E-state index contributed by atoms with van der Waals surface area (Å²) in [5.74, 6) is 0.841. The molecule has 1 atom stereocenters. The summed E-state index contributed by atoms with van der Waals surface area (Å²) in [5.41, 5.74) is 0. The van der Waals surface area contributed by atoms with Crippen LogP contribution in [0.4, 0.5) is 0 Å². The van der Waals surface area contributed by atoms with Crippen molar-refractivity contribution < 1.29 is 4.79 Å². The maximum Gasteiger partial charge on any atom is 0.152 e. The Morgan fingerprint density at radius 3 is 2.20 bits per heavy atom. The van der Waals surface area contributed by atoms with Gasteiger partial charge in [0.05, 0.1) is 6.04 Å². The number of rotatable bonds is 4. The van der Waals surface area contributed by atoms with Crippen LogP contribution in [0.5, 0.6) is 0 Å². The molecule has 1 unspecified atom stereocenters. The lowest BCUT2D eigenvalue weighted by atomic mass is 9.97. The van der Waals surface area contributed by atoms with Crippen LogP contribution in [0, 0.1) is 5.92 Å². The molecule has 0 radical (unpaired) electrons. The Morgan fingerprint density at radius 1 is 1.07 bits per heavy atom. The van der Waals surface area contributed by atoms with Crippen LogP contribution in [0.2, 0.25) is 0 Å². The number of hydrogen-bond acceptors (Lipinski definition) is 2. The third kappa shape index (κ3) is 2.81. The summed E-state index contributed by atoms with van der Waals surface area (Å²) in [6, 6.07) is 0.710. The predicted molar refractivity (Wildman–Crippen MR) is 61.8 cm³/mol. The average Bonchev–Trinajstić information content (AvgIpc) is 2.88. The summed E-state index contributed by atoms with van der Waals surface area (Å²) in [7, 11) is 0. The number of ketones is 1. The average molecular weight is 209 g/mol. The van der Waals surface area contributed by atoms with Gasteiger partial charge < -0.3 is 5.32 Å². The molecule has 2 saturated carbocycles. The minimum absolute atomic E-state index is 0.0937. The highest BCUT2D eigenvalue weighted by Gasteiger charge is 2.28. The lowest BCUT2D eigenvalue weighted by molar-refractivity contribution is -0.124. The fourth-order valence-corrected chi connectivity index (χ4v) is 3.09. The summed E-state index contributed by atoms with van der Waals surface area (Å²) >= 11 is 0. The van der Waals surface area contributed by atoms with Gasteiger partial charge in [-0.2, -0.15) is 0 Å². The first-order valence-electron chi connectivity index (χ1n) is 6.57. The Labute approximate surface area is 92.8 Å². The monoisotopic (exact) mass is 209 g/mol. The second-order valence-electron chi connectivity index (χ2n) is 5.25. The maximum atomic E-state index is 12.1. The molecule has 2 nitrogen and oxygen atoms in total. The van der Waals surface area contributed by atoms with Crippen LogP contribution in [0.15, 0.2) is 0 Å². The van der Waals surface area contributed by atoms with Gasteiger partial charge in [0.2, 0.25) is 0 Å². The van der Waals surface area contributed by atoms with Crippen LogP contribution in [0.25, 0.3) is 0 Å². The van der Waals surface area contributed by atoms with Gasteiger partial charge in [-0.15, -0.1) is 0 Å². The highest BCUT2D eigenvalue weighted by atomic mass is 16.1. The van der Waals surface area contributed by atoms with E-state index in [1.54, 1.807) is 0 Å². The Kier molecular flexibility index (Phi) is 3.79. The zero-order valence-electron chi connectivity index (χ0n) is 9.80. The molecule has 2 aliphatic carbocycles. The van der Waals surface area contributed by atoms with Gasteiger partial charge in [0.25, 0.3) is 0 Å². The third-order valence-corrected chi connectivity index (χ3v) is 4.03. The smallest absolute Gasteiger partial charge is 0.152 e. The summed E-state index contributed by atoms with van der Waals surface area (Å²) in [6.45, 7) is 2.05. The molecule has 0 aliphatic heterocycles. The molecule has 2 heteroatoms. The van der Waals surface area contributed by atoms with E-state index in [4.69, 9.17) is 0 Å². The second-order valence-corrected chi connectivity index (χ2v) is 5.25. The van der Waals surface area contributed by atoms with Crippen LogP contribution < -0.4 is 5.32 Å². The Balaban J connectivity index is 1.78. The highest BCUT2D eigenvalue weighted by Crippen LogP contribution is 2.27. The highest BCUT2D eigenvalue weighted by molar-refractivity contribution is 5.86. The molecule has 2 fully saturated rings. The Morgan fingerprint density at radius 2 is 1.60 bits per heavy atom. The third-order valence-electron chi connectivity index (χ3n) is 4.03. The van der Waals surface area contributed by atoms with E-state index in [1.807, 2.05) is 0 Å². The normalized spacial score (nSPS) is 25.9. The first-order chi connectivity index (χ1) is 7.27. The Bertz CT molecular complexity index is 215. The van der Waals surface area contributed by atoms with Crippen LogP contribution in [0.1, 0.15) is 58.3 Å². The van der Waals surface area contributed by atoms with Crippen molar-refractivity contribution in [3.63, 3.8) is 0 Å². The van der Waals surface area contributed by atoms with E-state index in [0.717, 1.165) is 12.8 Å². The van der Waals surface area contributed by atoms with Crippen LogP contribution in [-0.2, 0) is 4.79 Å². The molecular weight excluding hydrogens is 186 g/mol. The van der Waals surface area contributed by atoms with E-state index in [-0.39, 0.29) is 6.04 Å².